The van der Waals surface area contributed by atoms with E-state index in [0.29, 0.717) is 30.1 Å². The fourth-order valence-corrected chi connectivity index (χ4v) is 3.62. The molecule has 8 heteroatoms. The first-order valence-electron chi connectivity index (χ1n) is 10.4. The quantitative estimate of drug-likeness (QED) is 0.676. The van der Waals surface area contributed by atoms with Gasteiger partial charge in [-0.25, -0.2) is 9.97 Å². The third kappa shape index (κ3) is 3.41. The van der Waals surface area contributed by atoms with Gasteiger partial charge in [0.2, 0.25) is 0 Å². The number of hydrogen-bond acceptors (Lipinski definition) is 6. The predicted octanol–water partition coefficient (Wildman–Crippen LogP) is 3.13. The van der Waals surface area contributed by atoms with Crippen LogP contribution in [0.3, 0.4) is 0 Å². The van der Waals surface area contributed by atoms with Gasteiger partial charge in [0.05, 0.1) is 17.8 Å². The van der Waals surface area contributed by atoms with Crippen molar-refractivity contribution in [1.82, 2.24) is 25.1 Å². The average molecular weight is 408 g/mol. The number of nitrogens with one attached hydrogen (secondary N) is 1. The molecule has 0 saturated heterocycles. The Balaban J connectivity index is 1.74. The first kappa shape index (κ1) is 20.3. The lowest BCUT2D eigenvalue weighted by molar-refractivity contribution is 0.0996. The van der Waals surface area contributed by atoms with Crippen LogP contribution in [0, 0.1) is 0 Å². The lowest BCUT2D eigenvalue weighted by atomic mass is 10.1. The number of rotatable bonds is 6. The summed E-state index contributed by atoms with van der Waals surface area (Å²) in [5.74, 6) is 1.38. The van der Waals surface area contributed by atoms with Gasteiger partial charge in [-0.05, 0) is 52.9 Å². The predicted molar refractivity (Wildman–Crippen MR) is 119 cm³/mol. The Bertz CT molecular complexity index is 1100. The highest BCUT2D eigenvalue weighted by Gasteiger charge is 2.33. The van der Waals surface area contributed by atoms with Crippen LogP contribution in [0.15, 0.2) is 24.4 Å². The number of pyridine rings is 2. The highest BCUT2D eigenvalue weighted by atomic mass is 16.2. The minimum absolute atomic E-state index is 0.0432. The largest absolute Gasteiger partial charge is 0.357 e. The van der Waals surface area contributed by atoms with Crippen molar-refractivity contribution in [2.24, 2.45) is 0 Å². The first-order chi connectivity index (χ1) is 14.3. The molecule has 4 heterocycles. The van der Waals surface area contributed by atoms with Crippen molar-refractivity contribution in [2.75, 3.05) is 23.9 Å². The normalized spacial score (nSPS) is 13.7. The molecule has 0 unspecified atom stereocenters. The van der Waals surface area contributed by atoms with Gasteiger partial charge in [-0.15, -0.1) is 0 Å². The van der Waals surface area contributed by atoms with Gasteiger partial charge in [-0.3, -0.25) is 14.4 Å². The molecule has 0 aromatic carbocycles. The summed E-state index contributed by atoms with van der Waals surface area (Å²) in [6.45, 7) is 9.44. The molecule has 1 N–H and O–H groups in total. The number of hydrogen-bond donors (Lipinski definition) is 1. The number of nitrogens with zero attached hydrogens (tertiary/aromatic N) is 6. The van der Waals surface area contributed by atoms with E-state index in [4.69, 9.17) is 4.98 Å². The minimum atomic E-state index is -0.0432. The van der Waals surface area contributed by atoms with E-state index in [1.165, 1.54) is 0 Å². The first-order valence-corrected chi connectivity index (χ1v) is 10.4. The summed E-state index contributed by atoms with van der Waals surface area (Å²) >= 11 is 0. The lowest BCUT2D eigenvalue weighted by Crippen LogP contribution is -2.27. The number of anilines is 2. The molecule has 0 spiro atoms. The second kappa shape index (κ2) is 7.68. The Morgan fingerprint density at radius 1 is 1.20 bits per heavy atom. The fraction of sp³-hybridized carbons (Fsp3) is 0.455. The number of fused-ring (bicyclic) bond motifs is 2. The zero-order valence-electron chi connectivity index (χ0n) is 18.5. The lowest BCUT2D eigenvalue weighted by Gasteiger charge is -2.24. The summed E-state index contributed by atoms with van der Waals surface area (Å²) in [5.41, 5.74) is 3.22. The average Bonchev–Trinajstić information content (AvgIpc) is 3.28. The second-order valence-corrected chi connectivity index (χ2v) is 8.36. The molecule has 3 aromatic rings. The van der Waals surface area contributed by atoms with Gasteiger partial charge < -0.3 is 10.2 Å². The van der Waals surface area contributed by atoms with E-state index in [9.17, 15) is 4.79 Å². The molecular formula is C22H29N7O. The van der Waals surface area contributed by atoms with E-state index >= 15 is 0 Å². The standard InChI is InChI=1S/C22H29N7O/c1-13(2)27(6)20-9-16-17(18(24-20)10-23-5)12-28(22(16)30)19-8-7-15-11-29(14(3)4)26-21(15)25-19/h7-9,11,13-14,23H,10,12H2,1-6H3. The van der Waals surface area contributed by atoms with Crippen LogP contribution in [0.25, 0.3) is 11.0 Å². The van der Waals surface area contributed by atoms with Gasteiger partial charge in [-0.1, -0.05) is 0 Å². The van der Waals surface area contributed by atoms with Crippen LogP contribution in [-0.2, 0) is 13.1 Å². The van der Waals surface area contributed by atoms with Gasteiger partial charge in [0, 0.05) is 42.8 Å². The maximum absolute atomic E-state index is 13.3. The van der Waals surface area contributed by atoms with E-state index in [2.05, 4.69) is 48.0 Å². The van der Waals surface area contributed by atoms with Crippen molar-refractivity contribution in [1.29, 1.82) is 0 Å². The molecule has 3 aromatic heterocycles. The Labute approximate surface area is 176 Å². The Hall–Kier alpha value is -3.00. The van der Waals surface area contributed by atoms with E-state index in [0.717, 1.165) is 22.5 Å². The number of amides is 1. The molecule has 0 saturated carbocycles. The topological polar surface area (TPSA) is 79.2 Å². The van der Waals surface area contributed by atoms with E-state index < -0.39 is 0 Å². The van der Waals surface area contributed by atoms with Crippen LogP contribution in [0.2, 0.25) is 0 Å². The van der Waals surface area contributed by atoms with Crippen molar-refractivity contribution >= 4 is 28.6 Å². The zero-order valence-corrected chi connectivity index (χ0v) is 18.5. The van der Waals surface area contributed by atoms with Gasteiger partial charge >= 0.3 is 0 Å². The highest BCUT2D eigenvalue weighted by Crippen LogP contribution is 2.32. The molecule has 4 rings (SSSR count). The molecule has 30 heavy (non-hydrogen) atoms. The Kier molecular flexibility index (Phi) is 5.19. The molecule has 1 aliphatic rings. The summed E-state index contributed by atoms with van der Waals surface area (Å²) in [4.78, 5) is 26.7. The maximum atomic E-state index is 13.3. The van der Waals surface area contributed by atoms with Crippen LogP contribution in [0.5, 0.6) is 0 Å². The van der Waals surface area contributed by atoms with Crippen molar-refractivity contribution < 1.29 is 4.79 Å². The van der Waals surface area contributed by atoms with Crippen LogP contribution < -0.4 is 15.1 Å². The number of carbonyl (C=O) groups excluding carboxylic acids is 1. The Morgan fingerprint density at radius 3 is 2.63 bits per heavy atom. The molecular weight excluding hydrogens is 378 g/mol. The third-order valence-corrected chi connectivity index (χ3v) is 5.65. The molecule has 0 fully saturated rings. The van der Waals surface area contributed by atoms with Crippen LogP contribution >= 0.6 is 0 Å². The summed E-state index contributed by atoms with van der Waals surface area (Å²) in [6, 6.07) is 6.32. The number of carbonyl (C=O) groups is 1. The van der Waals surface area contributed by atoms with Crippen LogP contribution in [-0.4, -0.2) is 45.8 Å². The summed E-state index contributed by atoms with van der Waals surface area (Å²) < 4.78 is 1.89. The van der Waals surface area contributed by atoms with Gasteiger partial charge in [0.15, 0.2) is 5.65 Å². The number of aromatic nitrogens is 4. The molecule has 158 valence electrons. The van der Waals surface area contributed by atoms with E-state index in [-0.39, 0.29) is 18.0 Å². The molecule has 0 aliphatic carbocycles. The third-order valence-electron chi connectivity index (χ3n) is 5.65. The zero-order chi connectivity index (χ0) is 21.6. The van der Waals surface area contributed by atoms with Crippen molar-refractivity contribution in [3.8, 4) is 0 Å². The minimum Gasteiger partial charge on any atom is -0.357 e. The second-order valence-electron chi connectivity index (χ2n) is 8.36. The van der Waals surface area contributed by atoms with Crippen molar-refractivity contribution in [3.63, 3.8) is 0 Å². The maximum Gasteiger partial charge on any atom is 0.260 e. The van der Waals surface area contributed by atoms with Gasteiger partial charge in [-0.2, -0.15) is 5.10 Å². The SMILES string of the molecule is CNCc1nc(N(C)C(C)C)cc2c1CN(c1ccc3cn(C(C)C)nc3n1)C2=O. The summed E-state index contributed by atoms with van der Waals surface area (Å²) in [6.07, 6.45) is 1.99. The van der Waals surface area contributed by atoms with Crippen molar-refractivity contribution in [2.45, 2.75) is 52.9 Å². The summed E-state index contributed by atoms with van der Waals surface area (Å²) in [7, 11) is 3.89. The van der Waals surface area contributed by atoms with E-state index in [1.807, 2.05) is 43.2 Å². The van der Waals surface area contributed by atoms with Gasteiger partial charge in [0.1, 0.15) is 11.6 Å². The molecule has 1 amide bonds. The van der Waals surface area contributed by atoms with Crippen LogP contribution in [0.4, 0.5) is 11.6 Å². The Morgan fingerprint density at radius 2 is 1.97 bits per heavy atom. The highest BCUT2D eigenvalue weighted by molar-refractivity contribution is 6.10. The monoisotopic (exact) mass is 407 g/mol. The molecule has 1 aliphatic heterocycles. The smallest absolute Gasteiger partial charge is 0.260 e. The fourth-order valence-electron chi connectivity index (χ4n) is 3.62. The van der Waals surface area contributed by atoms with Crippen LogP contribution in [0.1, 0.15) is 55.4 Å². The van der Waals surface area contributed by atoms with Crippen molar-refractivity contribution in [3.05, 3.63) is 41.2 Å². The summed E-state index contributed by atoms with van der Waals surface area (Å²) in [5, 5.41) is 8.71. The molecule has 0 bridgehead atoms. The molecule has 0 radical (unpaired) electrons. The van der Waals surface area contributed by atoms with Gasteiger partial charge in [0.25, 0.3) is 5.91 Å². The van der Waals surface area contributed by atoms with E-state index in [1.54, 1.807) is 4.90 Å². The molecule has 0 atom stereocenters. The molecule has 8 nitrogen and oxygen atoms in total.